The lowest BCUT2D eigenvalue weighted by Crippen LogP contribution is -2.44. The number of hydrogen-bond donors (Lipinski definition) is 2. The molecule has 2 N–H and O–H groups in total. The smallest absolute Gasteiger partial charge is 0.243 e. The molecule has 0 saturated carbocycles. The van der Waals surface area contributed by atoms with E-state index in [4.69, 9.17) is 0 Å². The quantitative estimate of drug-likeness (QED) is 0.648. The van der Waals surface area contributed by atoms with Crippen molar-refractivity contribution in [2.45, 2.75) is 17.4 Å². The summed E-state index contributed by atoms with van der Waals surface area (Å²) in [4.78, 5) is 12.6. The SMILES string of the molecule is CSCCC(NS(=O)(=O)c1ccc(Br)cc1)C(=O)Nc1ccn(C)n1. The molecule has 1 atom stereocenters. The summed E-state index contributed by atoms with van der Waals surface area (Å²) in [6, 6.07) is 7.00. The third kappa shape index (κ3) is 5.84. The molecule has 1 heterocycles. The highest BCUT2D eigenvalue weighted by Gasteiger charge is 2.26. The van der Waals surface area contributed by atoms with Crippen LogP contribution in [0.4, 0.5) is 5.82 Å². The molecule has 1 aromatic heterocycles. The van der Waals surface area contributed by atoms with Gasteiger partial charge in [0.15, 0.2) is 5.82 Å². The number of rotatable bonds is 8. The number of hydrogen-bond acceptors (Lipinski definition) is 5. The van der Waals surface area contributed by atoms with Crippen LogP contribution in [-0.2, 0) is 21.9 Å². The molecule has 1 amide bonds. The first-order valence-electron chi connectivity index (χ1n) is 7.39. The van der Waals surface area contributed by atoms with Crippen LogP contribution in [0.25, 0.3) is 0 Å². The highest BCUT2D eigenvalue weighted by atomic mass is 79.9. The average Bonchev–Trinajstić information content (AvgIpc) is 2.96. The van der Waals surface area contributed by atoms with Crippen molar-refractivity contribution in [1.29, 1.82) is 0 Å². The van der Waals surface area contributed by atoms with Crippen molar-refractivity contribution in [3.8, 4) is 0 Å². The fourth-order valence-electron chi connectivity index (χ4n) is 2.04. The van der Waals surface area contributed by atoms with Gasteiger partial charge in [0.25, 0.3) is 0 Å². The summed E-state index contributed by atoms with van der Waals surface area (Å²) < 4.78 is 29.9. The van der Waals surface area contributed by atoms with E-state index in [0.29, 0.717) is 18.0 Å². The maximum Gasteiger partial charge on any atom is 0.243 e. The van der Waals surface area contributed by atoms with E-state index < -0.39 is 22.0 Å². The largest absolute Gasteiger partial charge is 0.308 e. The summed E-state index contributed by atoms with van der Waals surface area (Å²) in [6.45, 7) is 0. The molecule has 0 radical (unpaired) electrons. The van der Waals surface area contributed by atoms with Gasteiger partial charge in [0.2, 0.25) is 15.9 Å². The Bertz CT molecular complexity index is 822. The van der Waals surface area contributed by atoms with Crippen molar-refractivity contribution in [2.75, 3.05) is 17.3 Å². The lowest BCUT2D eigenvalue weighted by molar-refractivity contribution is -0.117. The predicted molar refractivity (Wildman–Crippen MR) is 103 cm³/mol. The van der Waals surface area contributed by atoms with Crippen LogP contribution >= 0.6 is 27.7 Å². The van der Waals surface area contributed by atoms with Gasteiger partial charge in [-0.2, -0.15) is 21.6 Å². The summed E-state index contributed by atoms with van der Waals surface area (Å²) in [5, 5.41) is 6.72. The highest BCUT2D eigenvalue weighted by molar-refractivity contribution is 9.10. The van der Waals surface area contributed by atoms with E-state index in [-0.39, 0.29) is 4.90 Å². The number of amides is 1. The van der Waals surface area contributed by atoms with E-state index >= 15 is 0 Å². The van der Waals surface area contributed by atoms with E-state index in [1.165, 1.54) is 12.1 Å². The van der Waals surface area contributed by atoms with Crippen molar-refractivity contribution >= 4 is 49.4 Å². The summed E-state index contributed by atoms with van der Waals surface area (Å²) in [5.74, 6) is 0.585. The molecule has 0 fully saturated rings. The minimum Gasteiger partial charge on any atom is -0.308 e. The molecule has 136 valence electrons. The van der Waals surface area contributed by atoms with Gasteiger partial charge in [-0.3, -0.25) is 9.48 Å². The Labute approximate surface area is 159 Å². The van der Waals surface area contributed by atoms with Gasteiger partial charge >= 0.3 is 0 Å². The van der Waals surface area contributed by atoms with E-state index in [0.717, 1.165) is 4.47 Å². The van der Waals surface area contributed by atoms with E-state index in [2.05, 4.69) is 31.1 Å². The molecule has 2 rings (SSSR count). The number of carbonyl (C=O) groups is 1. The predicted octanol–water partition coefficient (Wildman–Crippen LogP) is 2.22. The van der Waals surface area contributed by atoms with Crippen LogP contribution in [0.2, 0.25) is 0 Å². The van der Waals surface area contributed by atoms with E-state index in [9.17, 15) is 13.2 Å². The zero-order valence-corrected chi connectivity index (χ0v) is 17.0. The number of anilines is 1. The molecule has 0 spiro atoms. The first-order chi connectivity index (χ1) is 11.8. The third-order valence-electron chi connectivity index (χ3n) is 3.31. The van der Waals surface area contributed by atoms with Crippen molar-refractivity contribution in [1.82, 2.24) is 14.5 Å². The lowest BCUT2D eigenvalue weighted by atomic mass is 10.2. The molecule has 1 unspecified atom stereocenters. The van der Waals surface area contributed by atoms with E-state index in [1.807, 2.05) is 6.26 Å². The summed E-state index contributed by atoms with van der Waals surface area (Å²) in [6.07, 6.45) is 3.96. The molecular weight excluding hydrogens is 428 g/mol. The Kier molecular flexibility index (Phi) is 7.05. The number of nitrogens with zero attached hydrogens (tertiary/aromatic N) is 2. The molecular formula is C15H19BrN4O3S2. The second-order valence-electron chi connectivity index (χ2n) is 5.27. The second-order valence-corrected chi connectivity index (χ2v) is 8.89. The Balaban J connectivity index is 2.15. The number of thioether (sulfide) groups is 1. The number of aromatic nitrogens is 2. The molecule has 7 nitrogen and oxygen atoms in total. The Morgan fingerprint density at radius 1 is 1.32 bits per heavy atom. The molecule has 0 aliphatic carbocycles. The van der Waals surface area contributed by atoms with Gasteiger partial charge in [-0.1, -0.05) is 15.9 Å². The fourth-order valence-corrected chi connectivity index (χ4v) is 4.01. The zero-order chi connectivity index (χ0) is 18.4. The number of aryl methyl sites for hydroxylation is 1. The monoisotopic (exact) mass is 446 g/mol. The number of sulfonamides is 1. The number of benzene rings is 1. The van der Waals surface area contributed by atoms with Crippen molar-refractivity contribution in [3.63, 3.8) is 0 Å². The molecule has 10 heteroatoms. The van der Waals surface area contributed by atoms with Gasteiger partial charge in [-0.05, 0) is 42.7 Å². The Morgan fingerprint density at radius 2 is 2.00 bits per heavy atom. The van der Waals surface area contributed by atoms with Gasteiger partial charge in [0.05, 0.1) is 4.90 Å². The summed E-state index contributed by atoms with van der Waals surface area (Å²) in [5.41, 5.74) is 0. The van der Waals surface area contributed by atoms with Crippen LogP contribution in [0, 0.1) is 0 Å². The third-order valence-corrected chi connectivity index (χ3v) is 5.97. The topological polar surface area (TPSA) is 93.1 Å². The number of nitrogens with one attached hydrogen (secondary N) is 2. The zero-order valence-electron chi connectivity index (χ0n) is 13.8. The van der Waals surface area contributed by atoms with Crippen LogP contribution in [0.1, 0.15) is 6.42 Å². The van der Waals surface area contributed by atoms with Gasteiger partial charge < -0.3 is 5.32 Å². The van der Waals surface area contributed by atoms with Crippen LogP contribution in [0.5, 0.6) is 0 Å². The van der Waals surface area contributed by atoms with Gasteiger partial charge in [0.1, 0.15) is 6.04 Å². The standard InChI is InChI=1S/C15H19BrN4O3S2/c1-20-9-7-14(18-20)17-15(21)13(8-10-24-2)19-25(22,23)12-5-3-11(16)4-6-12/h3-7,9,13,19H,8,10H2,1-2H3,(H,17,18,21). The van der Waals surface area contributed by atoms with Gasteiger partial charge in [0, 0.05) is 23.8 Å². The summed E-state index contributed by atoms with van der Waals surface area (Å²) >= 11 is 4.81. The molecule has 0 aliphatic rings. The lowest BCUT2D eigenvalue weighted by Gasteiger charge is -2.17. The van der Waals surface area contributed by atoms with Crippen LogP contribution in [0.15, 0.2) is 45.9 Å². The average molecular weight is 447 g/mol. The first-order valence-corrected chi connectivity index (χ1v) is 11.1. The Morgan fingerprint density at radius 3 is 2.56 bits per heavy atom. The van der Waals surface area contributed by atoms with Crippen LogP contribution < -0.4 is 10.0 Å². The molecule has 0 bridgehead atoms. The highest BCUT2D eigenvalue weighted by Crippen LogP contribution is 2.16. The van der Waals surface area contributed by atoms with Crippen molar-refractivity contribution < 1.29 is 13.2 Å². The minimum atomic E-state index is -3.81. The second kappa shape index (κ2) is 8.84. The van der Waals surface area contributed by atoms with Crippen molar-refractivity contribution in [3.05, 3.63) is 41.0 Å². The number of carbonyl (C=O) groups excluding carboxylic acids is 1. The maximum atomic E-state index is 12.5. The molecule has 0 aliphatic heterocycles. The van der Waals surface area contributed by atoms with Crippen molar-refractivity contribution in [2.24, 2.45) is 7.05 Å². The molecule has 1 aromatic carbocycles. The maximum absolute atomic E-state index is 12.5. The van der Waals surface area contributed by atoms with Crippen LogP contribution in [0.3, 0.4) is 0 Å². The minimum absolute atomic E-state index is 0.107. The first kappa shape index (κ1) is 20.0. The molecule has 2 aromatic rings. The molecule has 25 heavy (non-hydrogen) atoms. The Hall–Kier alpha value is -1.36. The fraction of sp³-hybridized carbons (Fsp3) is 0.333. The summed E-state index contributed by atoms with van der Waals surface area (Å²) in [7, 11) is -2.07. The number of halogens is 1. The normalized spacial score (nSPS) is 12.8. The van der Waals surface area contributed by atoms with Crippen LogP contribution in [-0.4, -0.2) is 42.2 Å². The molecule has 0 saturated heterocycles. The van der Waals surface area contributed by atoms with Gasteiger partial charge in [-0.25, -0.2) is 8.42 Å². The van der Waals surface area contributed by atoms with E-state index in [1.54, 1.807) is 47.9 Å². The van der Waals surface area contributed by atoms with Gasteiger partial charge in [-0.15, -0.1) is 0 Å².